The first-order chi connectivity index (χ1) is 9.18. The molecule has 0 aliphatic heterocycles. The Balaban J connectivity index is 2.47. The minimum absolute atomic E-state index is 0.336. The topological polar surface area (TPSA) is 39.1 Å². The van der Waals surface area contributed by atoms with Gasteiger partial charge in [-0.2, -0.15) is 0 Å². The van der Waals surface area contributed by atoms with E-state index in [0.29, 0.717) is 20.8 Å². The molecule has 1 heterocycles. The molecule has 0 fully saturated rings. The number of aromatic nitrogens is 1. The number of para-hydroxylation sites is 1. The highest BCUT2D eigenvalue weighted by Crippen LogP contribution is 2.19. The first-order valence-corrected chi connectivity index (χ1v) is 6.78. The van der Waals surface area contributed by atoms with Crippen molar-refractivity contribution >= 4 is 33.0 Å². The Morgan fingerprint density at radius 3 is 2.42 bits per heavy atom. The smallest absolute Gasteiger partial charge is 0.268 e. The molecule has 5 heteroatoms. The molecule has 0 amide bonds. The van der Waals surface area contributed by atoms with Crippen LogP contribution < -0.4 is 10.4 Å². The Morgan fingerprint density at radius 1 is 0.947 bits per heavy atom. The fraction of sp³-hybridized carbons (Fsp3) is 0. The first kappa shape index (κ1) is 12.1. The summed E-state index contributed by atoms with van der Waals surface area (Å²) in [6.07, 6.45) is 0. The van der Waals surface area contributed by atoms with E-state index in [0.717, 1.165) is 15.9 Å². The second-order valence-corrected chi connectivity index (χ2v) is 5.36. The fourth-order valence-electron chi connectivity index (χ4n) is 1.92. The van der Waals surface area contributed by atoms with E-state index in [1.807, 2.05) is 0 Å². The number of hydrogen-bond acceptors (Lipinski definition) is 3. The summed E-state index contributed by atoms with van der Waals surface area (Å²) < 4.78 is 1.80. The SMILES string of the molecule is O=c1sc2ccccc2c(=O)n1-c1ccccc1Cl. The molecule has 19 heavy (non-hydrogen) atoms. The molecule has 1 aromatic heterocycles. The molecule has 3 rings (SSSR count). The highest BCUT2D eigenvalue weighted by atomic mass is 35.5. The quantitative estimate of drug-likeness (QED) is 0.690. The van der Waals surface area contributed by atoms with Gasteiger partial charge in [0.25, 0.3) is 5.56 Å². The third kappa shape index (κ3) is 1.99. The summed E-state index contributed by atoms with van der Waals surface area (Å²) in [4.78, 5) is 24.2. The Kier molecular flexibility index (Phi) is 2.97. The van der Waals surface area contributed by atoms with Crippen molar-refractivity contribution in [2.24, 2.45) is 0 Å². The van der Waals surface area contributed by atoms with Gasteiger partial charge in [0.05, 0.1) is 16.1 Å². The Labute approximate surface area is 117 Å². The van der Waals surface area contributed by atoms with Crippen molar-refractivity contribution in [3.63, 3.8) is 0 Å². The van der Waals surface area contributed by atoms with E-state index in [9.17, 15) is 9.59 Å². The Hall–Kier alpha value is -1.91. The summed E-state index contributed by atoms with van der Waals surface area (Å²) in [5.41, 5.74) is 0.0774. The third-order valence-corrected chi connectivity index (χ3v) is 4.05. The zero-order chi connectivity index (χ0) is 13.4. The van der Waals surface area contributed by atoms with Crippen molar-refractivity contribution in [2.75, 3.05) is 0 Å². The highest BCUT2D eigenvalue weighted by Gasteiger charge is 2.11. The molecule has 0 spiro atoms. The van der Waals surface area contributed by atoms with Crippen molar-refractivity contribution in [1.29, 1.82) is 0 Å². The number of fused-ring (bicyclic) bond motifs is 1. The lowest BCUT2D eigenvalue weighted by atomic mass is 10.2. The van der Waals surface area contributed by atoms with Gasteiger partial charge in [-0.3, -0.25) is 9.59 Å². The minimum Gasteiger partial charge on any atom is -0.268 e. The van der Waals surface area contributed by atoms with Crippen LogP contribution in [0.1, 0.15) is 0 Å². The molecule has 2 aromatic carbocycles. The van der Waals surface area contributed by atoms with Gasteiger partial charge in [-0.1, -0.05) is 47.2 Å². The molecule has 3 aromatic rings. The van der Waals surface area contributed by atoms with Gasteiger partial charge in [0, 0.05) is 4.70 Å². The molecular formula is C14H8ClNO2S. The van der Waals surface area contributed by atoms with Gasteiger partial charge in [-0.05, 0) is 24.3 Å². The highest BCUT2D eigenvalue weighted by molar-refractivity contribution is 7.16. The molecule has 0 aliphatic rings. The van der Waals surface area contributed by atoms with Crippen LogP contribution in [-0.4, -0.2) is 4.57 Å². The third-order valence-electron chi connectivity index (χ3n) is 2.79. The summed E-state index contributed by atoms with van der Waals surface area (Å²) >= 11 is 7.09. The van der Waals surface area contributed by atoms with Crippen LogP contribution in [0.4, 0.5) is 0 Å². The predicted octanol–water partition coefficient (Wildman–Crippen LogP) is 3.07. The number of nitrogens with zero attached hydrogens (tertiary/aromatic N) is 1. The van der Waals surface area contributed by atoms with Gasteiger partial charge < -0.3 is 0 Å². The molecule has 0 saturated heterocycles. The lowest BCUT2D eigenvalue weighted by molar-refractivity contribution is 0.986. The van der Waals surface area contributed by atoms with Gasteiger partial charge in [0.2, 0.25) is 0 Å². The molecule has 0 saturated carbocycles. The predicted molar refractivity (Wildman–Crippen MR) is 78.7 cm³/mol. The zero-order valence-corrected chi connectivity index (χ0v) is 11.2. The van der Waals surface area contributed by atoms with Crippen molar-refractivity contribution in [3.8, 4) is 5.69 Å². The lowest BCUT2D eigenvalue weighted by Crippen LogP contribution is -2.29. The van der Waals surface area contributed by atoms with Crippen molar-refractivity contribution < 1.29 is 0 Å². The van der Waals surface area contributed by atoms with E-state index in [1.165, 1.54) is 0 Å². The monoisotopic (exact) mass is 289 g/mol. The van der Waals surface area contributed by atoms with Crippen LogP contribution in [0, 0.1) is 0 Å². The Morgan fingerprint density at radius 2 is 1.63 bits per heavy atom. The zero-order valence-electron chi connectivity index (χ0n) is 9.67. The molecule has 0 atom stereocenters. The van der Waals surface area contributed by atoms with E-state index < -0.39 is 0 Å². The van der Waals surface area contributed by atoms with E-state index in [2.05, 4.69) is 0 Å². The number of halogens is 1. The van der Waals surface area contributed by atoms with Gasteiger partial charge in [0.1, 0.15) is 0 Å². The lowest BCUT2D eigenvalue weighted by Gasteiger charge is -2.07. The average Bonchev–Trinajstić information content (AvgIpc) is 2.41. The minimum atomic E-state index is -0.340. The van der Waals surface area contributed by atoms with Gasteiger partial charge in [0.15, 0.2) is 0 Å². The van der Waals surface area contributed by atoms with Crippen molar-refractivity contribution in [1.82, 2.24) is 4.57 Å². The standard InChI is InChI=1S/C14H8ClNO2S/c15-10-6-2-3-7-11(10)16-13(17)9-5-1-4-8-12(9)19-14(16)18/h1-8H. The maximum atomic E-state index is 12.4. The average molecular weight is 290 g/mol. The van der Waals surface area contributed by atoms with Crippen LogP contribution in [0.5, 0.6) is 0 Å². The molecule has 94 valence electrons. The molecule has 3 nitrogen and oxygen atoms in total. The molecule has 0 unspecified atom stereocenters. The largest absolute Gasteiger partial charge is 0.315 e. The fourth-order valence-corrected chi connectivity index (χ4v) is 3.01. The number of rotatable bonds is 1. The summed E-state index contributed by atoms with van der Waals surface area (Å²) in [6.45, 7) is 0. The molecule has 0 radical (unpaired) electrons. The van der Waals surface area contributed by atoms with Crippen molar-refractivity contribution in [2.45, 2.75) is 0 Å². The maximum Gasteiger partial charge on any atom is 0.315 e. The summed E-state index contributed by atoms with van der Waals surface area (Å²) in [5, 5.41) is 0.899. The summed E-state index contributed by atoms with van der Waals surface area (Å²) in [6, 6.07) is 13.9. The molecular weight excluding hydrogens is 282 g/mol. The molecule has 0 aliphatic carbocycles. The summed E-state index contributed by atoms with van der Waals surface area (Å²) in [5.74, 6) is 0. The molecule has 0 N–H and O–H groups in total. The Bertz CT molecular complexity index is 882. The van der Waals surface area contributed by atoms with Gasteiger partial charge >= 0.3 is 4.87 Å². The summed E-state index contributed by atoms with van der Waals surface area (Å²) in [7, 11) is 0. The van der Waals surface area contributed by atoms with Crippen LogP contribution in [-0.2, 0) is 0 Å². The van der Waals surface area contributed by atoms with Crippen LogP contribution >= 0.6 is 22.9 Å². The van der Waals surface area contributed by atoms with E-state index in [1.54, 1.807) is 48.5 Å². The van der Waals surface area contributed by atoms with Gasteiger partial charge in [-0.25, -0.2) is 4.57 Å². The van der Waals surface area contributed by atoms with E-state index in [-0.39, 0.29) is 10.4 Å². The second-order valence-electron chi connectivity index (χ2n) is 3.96. The van der Waals surface area contributed by atoms with Crippen LogP contribution in [0.25, 0.3) is 15.8 Å². The van der Waals surface area contributed by atoms with E-state index in [4.69, 9.17) is 11.6 Å². The van der Waals surface area contributed by atoms with Crippen LogP contribution in [0.15, 0.2) is 58.1 Å². The van der Waals surface area contributed by atoms with Crippen molar-refractivity contribution in [3.05, 3.63) is 73.6 Å². The van der Waals surface area contributed by atoms with Crippen LogP contribution in [0.3, 0.4) is 0 Å². The second kappa shape index (κ2) is 4.64. The molecule has 0 bridgehead atoms. The number of benzene rings is 2. The first-order valence-electron chi connectivity index (χ1n) is 5.58. The maximum absolute atomic E-state index is 12.4. The van der Waals surface area contributed by atoms with Gasteiger partial charge in [-0.15, -0.1) is 0 Å². The van der Waals surface area contributed by atoms with E-state index >= 15 is 0 Å². The number of hydrogen-bond donors (Lipinski definition) is 0. The van der Waals surface area contributed by atoms with Crippen LogP contribution in [0.2, 0.25) is 5.02 Å². The normalized spacial score (nSPS) is 10.8.